The normalized spacial score (nSPS) is 11.6. The maximum Gasteiger partial charge on any atom is 0.412 e. The summed E-state index contributed by atoms with van der Waals surface area (Å²) in [5, 5.41) is 3.23. The molecule has 1 rings (SSSR count). The van der Waals surface area contributed by atoms with Crippen molar-refractivity contribution >= 4 is 34.4 Å². The van der Waals surface area contributed by atoms with Crippen LogP contribution in [0.25, 0.3) is 0 Å². The van der Waals surface area contributed by atoms with E-state index < -0.39 is 17.3 Å². The highest BCUT2D eigenvalue weighted by atomic mass is 32.1. The number of aryl methyl sites for hydroxylation is 1. The summed E-state index contributed by atoms with van der Waals surface area (Å²) < 4.78 is 10.6. The van der Waals surface area contributed by atoms with E-state index in [0.717, 1.165) is 5.56 Å². The lowest BCUT2D eigenvalue weighted by Gasteiger charge is -2.25. The third kappa shape index (κ3) is 9.02. The predicted molar refractivity (Wildman–Crippen MR) is 119 cm³/mol. The van der Waals surface area contributed by atoms with E-state index in [9.17, 15) is 14.4 Å². The highest BCUT2D eigenvalue weighted by Crippen LogP contribution is 2.28. The van der Waals surface area contributed by atoms with Crippen LogP contribution in [0.4, 0.5) is 14.6 Å². The molecule has 9 heteroatoms. The van der Waals surface area contributed by atoms with Gasteiger partial charge in [0.15, 0.2) is 0 Å². The Bertz CT molecular complexity index is 762. The third-order valence-electron chi connectivity index (χ3n) is 3.78. The van der Waals surface area contributed by atoms with E-state index in [1.807, 2.05) is 27.7 Å². The summed E-state index contributed by atoms with van der Waals surface area (Å²) in [6, 6.07) is 1.76. The first-order valence-corrected chi connectivity index (χ1v) is 10.7. The second-order valence-corrected chi connectivity index (χ2v) is 10.3. The predicted octanol–water partition coefficient (Wildman–Crippen LogP) is 4.73. The zero-order chi connectivity index (χ0) is 23.3. The number of nitrogens with one attached hydrogen (secondary N) is 1. The third-order valence-corrected chi connectivity index (χ3v) is 4.92. The van der Waals surface area contributed by atoms with Gasteiger partial charge in [0.2, 0.25) is 0 Å². The SMILES string of the molecule is Cc1cc(NC(=O)OC(C)(C)C)sc1C(=O)N(C)CCCN(C)C(=O)OC(C)(C)C. The maximum atomic E-state index is 12.8. The Morgan fingerprint density at radius 3 is 2.03 bits per heavy atom. The van der Waals surface area contributed by atoms with Crippen molar-refractivity contribution in [3.8, 4) is 0 Å². The number of hydrogen-bond acceptors (Lipinski definition) is 6. The molecule has 0 saturated carbocycles. The molecule has 0 aromatic carbocycles. The van der Waals surface area contributed by atoms with Gasteiger partial charge in [-0.2, -0.15) is 0 Å². The summed E-state index contributed by atoms with van der Waals surface area (Å²) in [5.41, 5.74) is -0.351. The molecular weight excluding hydrogens is 406 g/mol. The molecule has 0 radical (unpaired) electrons. The molecule has 0 fully saturated rings. The Hall–Kier alpha value is -2.29. The number of ether oxygens (including phenoxy) is 2. The Kier molecular flexibility index (Phi) is 8.71. The van der Waals surface area contributed by atoms with E-state index in [1.54, 1.807) is 45.8 Å². The molecule has 1 heterocycles. The standard InChI is InChI=1S/C21H35N3O5S/c1-14-13-15(22-18(26)28-20(2,3)4)30-16(14)17(25)23(8)11-10-12-24(9)19(27)29-21(5,6)7/h13H,10-12H2,1-9H3,(H,22,26). The first kappa shape index (κ1) is 25.7. The topological polar surface area (TPSA) is 88.2 Å². The summed E-state index contributed by atoms with van der Waals surface area (Å²) in [7, 11) is 3.39. The number of hydrogen-bond donors (Lipinski definition) is 1. The fraction of sp³-hybridized carbons (Fsp3) is 0.667. The molecule has 1 aromatic heterocycles. The van der Waals surface area contributed by atoms with Crippen LogP contribution in [0.5, 0.6) is 0 Å². The molecule has 170 valence electrons. The maximum absolute atomic E-state index is 12.8. The quantitative estimate of drug-likeness (QED) is 0.689. The number of nitrogens with zero attached hydrogens (tertiary/aromatic N) is 2. The largest absolute Gasteiger partial charge is 0.444 e. The molecule has 0 aliphatic carbocycles. The Morgan fingerprint density at radius 2 is 1.50 bits per heavy atom. The van der Waals surface area contributed by atoms with Crippen LogP contribution in [0.15, 0.2) is 6.07 Å². The number of carbonyl (C=O) groups excluding carboxylic acids is 3. The van der Waals surface area contributed by atoms with Crippen molar-refractivity contribution in [3.63, 3.8) is 0 Å². The van der Waals surface area contributed by atoms with Crippen molar-refractivity contribution in [3.05, 3.63) is 16.5 Å². The van der Waals surface area contributed by atoms with Gasteiger partial charge >= 0.3 is 12.2 Å². The molecule has 0 saturated heterocycles. The summed E-state index contributed by atoms with van der Waals surface area (Å²) in [6.45, 7) is 13.6. The molecule has 0 spiro atoms. The van der Waals surface area contributed by atoms with Crippen LogP contribution in [0.1, 0.15) is 63.2 Å². The van der Waals surface area contributed by atoms with Gasteiger partial charge in [0.1, 0.15) is 11.2 Å². The van der Waals surface area contributed by atoms with Gasteiger partial charge in [0.05, 0.1) is 9.88 Å². The van der Waals surface area contributed by atoms with Gasteiger partial charge in [-0.25, -0.2) is 9.59 Å². The minimum Gasteiger partial charge on any atom is -0.444 e. The average Bonchev–Trinajstić information content (AvgIpc) is 2.90. The van der Waals surface area contributed by atoms with Crippen LogP contribution >= 0.6 is 11.3 Å². The second kappa shape index (κ2) is 10.1. The molecule has 30 heavy (non-hydrogen) atoms. The fourth-order valence-electron chi connectivity index (χ4n) is 2.41. The lowest BCUT2D eigenvalue weighted by atomic mass is 10.2. The van der Waals surface area contributed by atoms with Crippen LogP contribution < -0.4 is 5.32 Å². The molecule has 0 aliphatic rings. The monoisotopic (exact) mass is 441 g/mol. The van der Waals surface area contributed by atoms with E-state index in [0.29, 0.717) is 29.4 Å². The van der Waals surface area contributed by atoms with Gasteiger partial charge in [-0.3, -0.25) is 10.1 Å². The minimum absolute atomic E-state index is 0.130. The van der Waals surface area contributed by atoms with Crippen molar-refractivity contribution in [2.75, 3.05) is 32.5 Å². The van der Waals surface area contributed by atoms with E-state index in [4.69, 9.17) is 9.47 Å². The molecular formula is C21H35N3O5S. The van der Waals surface area contributed by atoms with Gasteiger partial charge in [0, 0.05) is 27.2 Å². The second-order valence-electron chi connectivity index (χ2n) is 9.23. The number of thiophene rings is 1. The lowest BCUT2D eigenvalue weighted by molar-refractivity contribution is 0.0294. The van der Waals surface area contributed by atoms with Crippen molar-refractivity contribution in [1.29, 1.82) is 0 Å². The fourth-order valence-corrected chi connectivity index (χ4v) is 3.46. The van der Waals surface area contributed by atoms with Crippen LogP contribution in [0, 0.1) is 6.92 Å². The first-order valence-electron chi connectivity index (χ1n) is 9.89. The number of carbonyl (C=O) groups is 3. The zero-order valence-electron chi connectivity index (χ0n) is 19.5. The summed E-state index contributed by atoms with van der Waals surface area (Å²) >= 11 is 1.21. The van der Waals surface area contributed by atoms with Crippen molar-refractivity contribution in [2.24, 2.45) is 0 Å². The number of anilines is 1. The molecule has 0 aliphatic heterocycles. The van der Waals surface area contributed by atoms with Gasteiger partial charge in [-0.05, 0) is 66.5 Å². The zero-order valence-corrected chi connectivity index (χ0v) is 20.4. The first-order chi connectivity index (χ1) is 13.6. The molecule has 8 nitrogen and oxygen atoms in total. The van der Waals surface area contributed by atoms with Crippen molar-refractivity contribution in [2.45, 2.75) is 66.1 Å². The lowest BCUT2D eigenvalue weighted by Crippen LogP contribution is -2.36. The van der Waals surface area contributed by atoms with E-state index in [-0.39, 0.29) is 12.0 Å². The molecule has 0 atom stereocenters. The Labute approximate surface area is 183 Å². The molecule has 1 N–H and O–H groups in total. The van der Waals surface area contributed by atoms with Crippen LogP contribution in [-0.4, -0.2) is 66.3 Å². The van der Waals surface area contributed by atoms with Crippen molar-refractivity contribution in [1.82, 2.24) is 9.80 Å². The van der Waals surface area contributed by atoms with Gasteiger partial charge < -0.3 is 19.3 Å². The molecule has 0 unspecified atom stereocenters. The summed E-state index contributed by atoms with van der Waals surface area (Å²) in [5.74, 6) is -0.130. The summed E-state index contributed by atoms with van der Waals surface area (Å²) in [6.07, 6.45) is -0.324. The van der Waals surface area contributed by atoms with Crippen molar-refractivity contribution < 1.29 is 23.9 Å². The van der Waals surface area contributed by atoms with Gasteiger partial charge in [-0.15, -0.1) is 11.3 Å². The molecule has 0 bridgehead atoms. The van der Waals surface area contributed by atoms with E-state index >= 15 is 0 Å². The number of amides is 3. The van der Waals surface area contributed by atoms with E-state index in [2.05, 4.69) is 5.32 Å². The van der Waals surface area contributed by atoms with Gasteiger partial charge in [0.25, 0.3) is 5.91 Å². The average molecular weight is 442 g/mol. The minimum atomic E-state index is -0.596. The number of rotatable bonds is 6. The van der Waals surface area contributed by atoms with Crippen LogP contribution in [0.3, 0.4) is 0 Å². The van der Waals surface area contributed by atoms with E-state index in [1.165, 1.54) is 16.2 Å². The molecule has 3 amide bonds. The summed E-state index contributed by atoms with van der Waals surface area (Å²) in [4.78, 5) is 40.4. The van der Waals surface area contributed by atoms with Gasteiger partial charge in [-0.1, -0.05) is 0 Å². The highest BCUT2D eigenvalue weighted by Gasteiger charge is 2.22. The molecule has 1 aromatic rings. The smallest absolute Gasteiger partial charge is 0.412 e. The van der Waals surface area contributed by atoms with Crippen LogP contribution in [0.2, 0.25) is 0 Å². The Morgan fingerprint density at radius 1 is 0.967 bits per heavy atom. The van der Waals surface area contributed by atoms with Crippen LogP contribution in [-0.2, 0) is 9.47 Å². The Balaban J connectivity index is 2.59. The highest BCUT2D eigenvalue weighted by molar-refractivity contribution is 7.18.